The fraction of sp³-hybridized carbons (Fsp3) is 0.231. The molecule has 0 aliphatic carbocycles. The Morgan fingerprint density at radius 3 is 2.39 bits per heavy atom. The van der Waals surface area contributed by atoms with E-state index in [0.29, 0.717) is 5.46 Å². The van der Waals surface area contributed by atoms with Gasteiger partial charge in [-0.3, -0.25) is 4.90 Å². The van der Waals surface area contributed by atoms with Crippen molar-refractivity contribution in [1.82, 2.24) is 4.90 Å². The molecule has 1 aromatic carbocycles. The summed E-state index contributed by atoms with van der Waals surface area (Å²) < 4.78 is 0. The van der Waals surface area contributed by atoms with Crippen molar-refractivity contribution in [1.29, 1.82) is 0 Å². The van der Waals surface area contributed by atoms with Crippen molar-refractivity contribution >= 4 is 23.9 Å². The Morgan fingerprint density at radius 1 is 1.11 bits per heavy atom. The van der Waals surface area contributed by atoms with Crippen LogP contribution in [0.1, 0.15) is 10.4 Å². The van der Waals surface area contributed by atoms with E-state index in [1.54, 1.807) is 23.5 Å². The van der Waals surface area contributed by atoms with Gasteiger partial charge in [0.1, 0.15) is 0 Å². The lowest BCUT2D eigenvalue weighted by Gasteiger charge is -2.15. The molecule has 2 rings (SSSR count). The van der Waals surface area contributed by atoms with Crippen molar-refractivity contribution in [3.05, 3.63) is 52.2 Å². The van der Waals surface area contributed by atoms with Gasteiger partial charge in [-0.25, -0.2) is 0 Å². The summed E-state index contributed by atoms with van der Waals surface area (Å²) in [6.07, 6.45) is 0. The summed E-state index contributed by atoms with van der Waals surface area (Å²) >= 11 is 1.76. The Bertz CT molecular complexity index is 470. The number of hydrogen-bond acceptors (Lipinski definition) is 4. The van der Waals surface area contributed by atoms with E-state index in [4.69, 9.17) is 10.0 Å². The summed E-state index contributed by atoms with van der Waals surface area (Å²) in [4.78, 5) is 3.58. The molecule has 94 valence electrons. The SMILES string of the molecule is CN(Cc1ccc(B(O)O)cc1)Cc1cccs1. The highest BCUT2D eigenvalue weighted by molar-refractivity contribution is 7.09. The topological polar surface area (TPSA) is 43.7 Å². The van der Waals surface area contributed by atoms with E-state index in [9.17, 15) is 0 Å². The van der Waals surface area contributed by atoms with E-state index < -0.39 is 7.12 Å². The van der Waals surface area contributed by atoms with E-state index in [2.05, 4.69) is 29.5 Å². The lowest BCUT2D eigenvalue weighted by atomic mass is 9.80. The first kappa shape index (κ1) is 13.3. The van der Waals surface area contributed by atoms with Crippen LogP contribution in [0.3, 0.4) is 0 Å². The molecule has 2 aromatic rings. The van der Waals surface area contributed by atoms with Gasteiger partial charge < -0.3 is 10.0 Å². The highest BCUT2D eigenvalue weighted by Gasteiger charge is 2.10. The fourth-order valence-corrected chi connectivity index (χ4v) is 2.62. The minimum atomic E-state index is -1.39. The van der Waals surface area contributed by atoms with Crippen molar-refractivity contribution in [2.75, 3.05) is 7.05 Å². The van der Waals surface area contributed by atoms with Gasteiger partial charge in [-0.1, -0.05) is 30.3 Å². The number of thiophene rings is 1. The monoisotopic (exact) mass is 261 g/mol. The number of nitrogens with zero attached hydrogens (tertiary/aromatic N) is 1. The van der Waals surface area contributed by atoms with Gasteiger partial charge in [-0.2, -0.15) is 0 Å². The molecule has 5 heteroatoms. The molecule has 0 atom stereocenters. The predicted octanol–water partition coefficient (Wildman–Crippen LogP) is 1.06. The van der Waals surface area contributed by atoms with Crippen LogP contribution in [0.25, 0.3) is 0 Å². The van der Waals surface area contributed by atoms with Crippen LogP contribution in [0.15, 0.2) is 41.8 Å². The second-order valence-corrected chi connectivity index (χ2v) is 5.40. The molecule has 0 saturated heterocycles. The molecule has 0 bridgehead atoms. The van der Waals surface area contributed by atoms with E-state index in [-0.39, 0.29) is 0 Å². The molecule has 3 nitrogen and oxygen atoms in total. The Balaban J connectivity index is 1.92. The van der Waals surface area contributed by atoms with E-state index in [0.717, 1.165) is 13.1 Å². The maximum Gasteiger partial charge on any atom is 0.488 e. The summed E-state index contributed by atoms with van der Waals surface area (Å²) in [6, 6.07) is 11.6. The van der Waals surface area contributed by atoms with Crippen molar-refractivity contribution < 1.29 is 10.0 Å². The normalized spacial score (nSPS) is 10.9. The smallest absolute Gasteiger partial charge is 0.423 e. The minimum Gasteiger partial charge on any atom is -0.423 e. The lowest BCUT2D eigenvalue weighted by Crippen LogP contribution is -2.29. The van der Waals surface area contributed by atoms with Crippen LogP contribution in [0.2, 0.25) is 0 Å². The fourth-order valence-electron chi connectivity index (χ4n) is 1.83. The highest BCUT2D eigenvalue weighted by Crippen LogP contribution is 2.12. The molecule has 0 spiro atoms. The maximum absolute atomic E-state index is 9.01. The third-order valence-corrected chi connectivity index (χ3v) is 3.60. The first-order valence-corrected chi connectivity index (χ1v) is 6.69. The Morgan fingerprint density at radius 2 is 1.83 bits per heavy atom. The average Bonchev–Trinajstić information content (AvgIpc) is 2.82. The number of benzene rings is 1. The first-order valence-electron chi connectivity index (χ1n) is 5.81. The van der Waals surface area contributed by atoms with Gasteiger partial charge in [0.05, 0.1) is 0 Å². The minimum absolute atomic E-state index is 0.527. The lowest BCUT2D eigenvalue weighted by molar-refractivity contribution is 0.322. The van der Waals surface area contributed by atoms with Gasteiger partial charge in [0.15, 0.2) is 0 Å². The molecule has 0 aliphatic rings. The van der Waals surface area contributed by atoms with Crippen molar-refractivity contribution in [3.63, 3.8) is 0 Å². The molecule has 1 heterocycles. The molecule has 2 N–H and O–H groups in total. The number of hydrogen-bond donors (Lipinski definition) is 2. The van der Waals surface area contributed by atoms with Crippen molar-refractivity contribution in [2.45, 2.75) is 13.1 Å². The summed E-state index contributed by atoms with van der Waals surface area (Å²) in [5.74, 6) is 0. The zero-order valence-corrected chi connectivity index (χ0v) is 11.1. The third kappa shape index (κ3) is 3.68. The maximum atomic E-state index is 9.01. The highest BCUT2D eigenvalue weighted by atomic mass is 32.1. The molecule has 18 heavy (non-hydrogen) atoms. The Kier molecular flexibility index (Phi) is 4.55. The van der Waals surface area contributed by atoms with Crippen LogP contribution >= 0.6 is 11.3 Å². The quantitative estimate of drug-likeness (QED) is 0.791. The molecule has 0 radical (unpaired) electrons. The van der Waals surface area contributed by atoms with Crippen LogP contribution in [-0.4, -0.2) is 29.1 Å². The van der Waals surface area contributed by atoms with Gasteiger partial charge >= 0.3 is 7.12 Å². The summed E-state index contributed by atoms with van der Waals surface area (Å²) in [7, 11) is 0.692. The molecular formula is C13H16BNO2S. The molecular weight excluding hydrogens is 245 g/mol. The predicted molar refractivity (Wildman–Crippen MR) is 75.8 cm³/mol. The second-order valence-electron chi connectivity index (χ2n) is 4.37. The van der Waals surface area contributed by atoms with E-state index in [1.807, 2.05) is 12.1 Å². The third-order valence-electron chi connectivity index (χ3n) is 2.74. The zero-order valence-electron chi connectivity index (χ0n) is 10.3. The van der Waals surface area contributed by atoms with Crippen molar-refractivity contribution in [2.24, 2.45) is 0 Å². The van der Waals surface area contributed by atoms with Crippen LogP contribution in [0.4, 0.5) is 0 Å². The average molecular weight is 261 g/mol. The van der Waals surface area contributed by atoms with Crippen LogP contribution in [-0.2, 0) is 13.1 Å². The van der Waals surface area contributed by atoms with Crippen LogP contribution in [0.5, 0.6) is 0 Å². The summed E-state index contributed by atoms with van der Waals surface area (Å²) in [5.41, 5.74) is 1.69. The molecule has 1 aromatic heterocycles. The molecule has 0 unspecified atom stereocenters. The largest absolute Gasteiger partial charge is 0.488 e. The van der Waals surface area contributed by atoms with E-state index >= 15 is 0 Å². The zero-order chi connectivity index (χ0) is 13.0. The Hall–Kier alpha value is -1.14. The van der Waals surface area contributed by atoms with Crippen LogP contribution < -0.4 is 5.46 Å². The van der Waals surface area contributed by atoms with Gasteiger partial charge in [0, 0.05) is 18.0 Å². The van der Waals surface area contributed by atoms with Gasteiger partial charge in [-0.05, 0) is 29.5 Å². The number of rotatable bonds is 5. The molecule has 0 aliphatic heterocycles. The second kappa shape index (κ2) is 6.16. The standard InChI is InChI=1S/C13H16BNO2S/c1-15(10-13-3-2-8-18-13)9-11-4-6-12(7-5-11)14(16)17/h2-8,16-17H,9-10H2,1H3. The van der Waals surface area contributed by atoms with Crippen LogP contribution in [0, 0.1) is 0 Å². The van der Waals surface area contributed by atoms with Gasteiger partial charge in [0.2, 0.25) is 0 Å². The van der Waals surface area contributed by atoms with Crippen molar-refractivity contribution in [3.8, 4) is 0 Å². The van der Waals surface area contributed by atoms with Gasteiger partial charge in [-0.15, -0.1) is 11.3 Å². The van der Waals surface area contributed by atoms with Gasteiger partial charge in [0.25, 0.3) is 0 Å². The summed E-state index contributed by atoms with van der Waals surface area (Å²) in [5, 5.41) is 20.1. The first-order chi connectivity index (χ1) is 8.65. The summed E-state index contributed by atoms with van der Waals surface area (Å²) in [6.45, 7) is 1.78. The molecule has 0 fully saturated rings. The van der Waals surface area contributed by atoms with E-state index in [1.165, 1.54) is 10.4 Å². The molecule has 0 saturated carbocycles. The molecule has 0 amide bonds. The Labute approximate surface area is 111 Å².